The van der Waals surface area contributed by atoms with Gasteiger partial charge >= 0.3 is 6.18 Å². The van der Waals surface area contributed by atoms with Crippen LogP contribution in [0, 0.1) is 11.7 Å². The van der Waals surface area contributed by atoms with E-state index in [4.69, 9.17) is 5.73 Å². The summed E-state index contributed by atoms with van der Waals surface area (Å²) in [7, 11) is 0. The Labute approximate surface area is 207 Å². The van der Waals surface area contributed by atoms with Gasteiger partial charge in [0.1, 0.15) is 12.5 Å². The monoisotopic (exact) mass is 535 g/mol. The molecule has 0 saturated carbocycles. The van der Waals surface area contributed by atoms with Crippen molar-refractivity contribution in [1.29, 1.82) is 0 Å². The fourth-order valence-electron chi connectivity index (χ4n) is 4.60. The van der Waals surface area contributed by atoms with Crippen molar-refractivity contribution in [3.05, 3.63) is 41.7 Å². The largest absolute Gasteiger partial charge is 0.417 e. The van der Waals surface area contributed by atoms with Crippen LogP contribution in [0.3, 0.4) is 0 Å². The number of carbonyl (C=O) groups excluding carboxylic acids is 1. The van der Waals surface area contributed by atoms with Crippen LogP contribution in [0.15, 0.2) is 24.7 Å². The topological polar surface area (TPSA) is 100 Å². The molecule has 15 heteroatoms. The molecule has 202 valence electrons. The van der Waals surface area contributed by atoms with Crippen LogP contribution in [-0.4, -0.2) is 70.6 Å². The minimum absolute atomic E-state index is 0.0149. The lowest BCUT2D eigenvalue weighted by Crippen LogP contribution is -2.46. The highest BCUT2D eigenvalue weighted by Crippen LogP contribution is 2.44. The second kappa shape index (κ2) is 10.3. The van der Waals surface area contributed by atoms with Crippen molar-refractivity contribution in [2.75, 3.05) is 42.9 Å². The summed E-state index contributed by atoms with van der Waals surface area (Å²) in [5, 5.41) is 2.70. The smallest absolute Gasteiger partial charge is 0.369 e. The van der Waals surface area contributed by atoms with Crippen molar-refractivity contribution < 1.29 is 35.5 Å². The molecule has 0 aromatic carbocycles. The molecule has 0 aliphatic carbocycles. The van der Waals surface area contributed by atoms with Crippen LogP contribution >= 0.6 is 0 Å². The third-order valence-electron chi connectivity index (χ3n) is 6.44. The number of likely N-dealkylation sites (tertiary alicyclic amines) is 1. The molecule has 3 N–H and O–H groups in total. The van der Waals surface area contributed by atoms with E-state index in [0.29, 0.717) is 19.2 Å². The minimum atomic E-state index is -4.65. The van der Waals surface area contributed by atoms with Crippen LogP contribution in [0.2, 0.25) is 0 Å². The number of aromatic nitrogens is 3. The normalized spacial score (nSPS) is 24.3. The maximum absolute atomic E-state index is 15.3. The fraction of sp³-hybridized carbons (Fsp3) is 0.545. The van der Waals surface area contributed by atoms with Gasteiger partial charge in [-0.05, 0) is 25.1 Å². The lowest BCUT2D eigenvalue weighted by atomic mass is 9.95. The predicted octanol–water partition coefficient (Wildman–Crippen LogP) is 3.17. The number of hydrogen-bond acceptors (Lipinski definition) is 7. The van der Waals surface area contributed by atoms with Gasteiger partial charge in [-0.2, -0.15) is 17.6 Å². The Morgan fingerprint density at radius 3 is 2.59 bits per heavy atom. The highest BCUT2D eigenvalue weighted by atomic mass is 19.4. The molecule has 0 spiro atoms. The quantitative estimate of drug-likeness (QED) is 0.526. The molecule has 37 heavy (non-hydrogen) atoms. The first-order valence-corrected chi connectivity index (χ1v) is 11.4. The predicted molar refractivity (Wildman–Crippen MR) is 118 cm³/mol. The van der Waals surface area contributed by atoms with Gasteiger partial charge < -0.3 is 16.0 Å². The SMILES string of the molecule is NC(=O)CN1CCC(CNc2ncnc(N3CC(F)(F)C[C@@H]3c3ccc(C(F)(F)F)cn3)c2F)C(F)C1. The summed E-state index contributed by atoms with van der Waals surface area (Å²) in [5.74, 6) is -6.24. The molecule has 8 nitrogen and oxygen atoms in total. The Kier molecular flexibility index (Phi) is 7.44. The zero-order valence-corrected chi connectivity index (χ0v) is 19.4. The van der Waals surface area contributed by atoms with E-state index in [2.05, 4.69) is 20.3 Å². The van der Waals surface area contributed by atoms with E-state index in [1.54, 1.807) is 4.90 Å². The van der Waals surface area contributed by atoms with E-state index in [0.717, 1.165) is 23.4 Å². The number of piperidine rings is 1. The number of primary amides is 1. The van der Waals surface area contributed by atoms with Crippen LogP contribution in [0.5, 0.6) is 0 Å². The molecule has 3 atom stereocenters. The van der Waals surface area contributed by atoms with Gasteiger partial charge in [-0.25, -0.2) is 23.1 Å². The molecule has 0 bridgehead atoms. The number of hydrogen-bond donors (Lipinski definition) is 2. The Hall–Kier alpha value is -3.23. The summed E-state index contributed by atoms with van der Waals surface area (Å²) in [5.41, 5.74) is 4.00. The van der Waals surface area contributed by atoms with Crippen molar-refractivity contribution in [1.82, 2.24) is 19.9 Å². The third-order valence-corrected chi connectivity index (χ3v) is 6.44. The first-order chi connectivity index (χ1) is 17.3. The van der Waals surface area contributed by atoms with Crippen LogP contribution in [0.4, 0.5) is 42.4 Å². The molecule has 2 saturated heterocycles. The summed E-state index contributed by atoms with van der Waals surface area (Å²) >= 11 is 0. The van der Waals surface area contributed by atoms with Gasteiger partial charge in [0.05, 0.1) is 30.4 Å². The maximum Gasteiger partial charge on any atom is 0.417 e. The van der Waals surface area contributed by atoms with Gasteiger partial charge in [-0.15, -0.1) is 0 Å². The van der Waals surface area contributed by atoms with Crippen LogP contribution in [-0.2, 0) is 11.0 Å². The van der Waals surface area contributed by atoms with Gasteiger partial charge in [0, 0.05) is 31.6 Å². The van der Waals surface area contributed by atoms with Crippen LogP contribution < -0.4 is 16.0 Å². The molecule has 4 heterocycles. The number of nitrogens with zero attached hydrogens (tertiary/aromatic N) is 5. The fourth-order valence-corrected chi connectivity index (χ4v) is 4.60. The lowest BCUT2D eigenvalue weighted by molar-refractivity contribution is -0.137. The molecular formula is C22H24F7N7O. The summed E-state index contributed by atoms with van der Waals surface area (Å²) in [6.07, 6.45) is -4.92. The van der Waals surface area contributed by atoms with Gasteiger partial charge in [-0.1, -0.05) is 0 Å². The molecule has 1 amide bonds. The van der Waals surface area contributed by atoms with Crippen molar-refractivity contribution in [2.24, 2.45) is 11.7 Å². The van der Waals surface area contributed by atoms with Crippen molar-refractivity contribution >= 4 is 17.5 Å². The van der Waals surface area contributed by atoms with Gasteiger partial charge in [0.2, 0.25) is 11.7 Å². The average molecular weight is 535 g/mol. The van der Waals surface area contributed by atoms with E-state index in [-0.39, 0.29) is 31.1 Å². The number of carbonyl (C=O) groups is 1. The highest BCUT2D eigenvalue weighted by molar-refractivity contribution is 5.75. The van der Waals surface area contributed by atoms with E-state index >= 15 is 4.39 Å². The second-order valence-corrected chi connectivity index (χ2v) is 9.18. The first-order valence-electron chi connectivity index (χ1n) is 11.4. The molecule has 2 aliphatic heterocycles. The molecule has 2 fully saturated rings. The zero-order chi connectivity index (χ0) is 27.0. The van der Waals surface area contributed by atoms with Crippen LogP contribution in [0.1, 0.15) is 30.1 Å². The highest BCUT2D eigenvalue weighted by Gasteiger charge is 2.48. The lowest BCUT2D eigenvalue weighted by Gasteiger charge is -2.34. The zero-order valence-electron chi connectivity index (χ0n) is 19.4. The number of anilines is 2. The maximum atomic E-state index is 15.3. The number of nitrogens with two attached hydrogens (primary N) is 1. The van der Waals surface area contributed by atoms with E-state index in [9.17, 15) is 31.1 Å². The number of amides is 1. The Bertz CT molecular complexity index is 1120. The number of halogens is 7. The van der Waals surface area contributed by atoms with Crippen molar-refractivity contribution in [3.8, 4) is 0 Å². The van der Waals surface area contributed by atoms with Gasteiger partial charge in [-0.3, -0.25) is 14.7 Å². The molecule has 2 unspecified atom stereocenters. The summed E-state index contributed by atoms with van der Waals surface area (Å²) in [4.78, 5) is 24.9. The third kappa shape index (κ3) is 6.19. The minimum Gasteiger partial charge on any atom is -0.369 e. The number of alkyl halides is 6. The summed E-state index contributed by atoms with van der Waals surface area (Å²) in [6, 6.07) is 0.466. The Morgan fingerprint density at radius 1 is 1.22 bits per heavy atom. The molecule has 2 aliphatic rings. The number of nitrogens with one attached hydrogen (secondary N) is 1. The number of pyridine rings is 1. The van der Waals surface area contributed by atoms with E-state index in [1.165, 1.54) is 0 Å². The van der Waals surface area contributed by atoms with E-state index < -0.39 is 66.3 Å². The summed E-state index contributed by atoms with van der Waals surface area (Å²) < 4.78 is 97.2. The van der Waals surface area contributed by atoms with Gasteiger partial charge in [0.15, 0.2) is 11.6 Å². The number of rotatable bonds is 7. The molecule has 4 rings (SSSR count). The molecule has 2 aromatic rings. The molecular weight excluding hydrogens is 511 g/mol. The first kappa shape index (κ1) is 26.8. The van der Waals surface area contributed by atoms with Crippen molar-refractivity contribution in [3.63, 3.8) is 0 Å². The van der Waals surface area contributed by atoms with E-state index in [1.807, 2.05) is 0 Å². The van der Waals surface area contributed by atoms with Crippen molar-refractivity contribution in [2.45, 2.75) is 37.2 Å². The average Bonchev–Trinajstić information content (AvgIpc) is 3.13. The van der Waals surface area contributed by atoms with Gasteiger partial charge in [0.25, 0.3) is 5.92 Å². The van der Waals surface area contributed by atoms with Crippen LogP contribution in [0.25, 0.3) is 0 Å². The standard InChI is InChI=1S/C22H24F7N7O/c23-14-8-35(9-17(30)37)4-3-12(14)6-32-19-18(24)20(34-11-33-19)36-10-21(25,26)5-16(36)15-2-1-13(7-31-15)22(27,28)29/h1-2,7,11-12,14,16H,3-6,8-10H2,(H2,30,37)(H,32,33,34)/t12?,14?,16-/m1/s1. The second-order valence-electron chi connectivity index (χ2n) is 9.18. The Morgan fingerprint density at radius 2 is 1.97 bits per heavy atom. The molecule has 0 radical (unpaired) electrons. The summed E-state index contributed by atoms with van der Waals surface area (Å²) in [6.45, 7) is -0.618. The molecule has 2 aromatic heterocycles. The Balaban J connectivity index is 1.50.